The van der Waals surface area contributed by atoms with Gasteiger partial charge in [-0.2, -0.15) is 0 Å². The van der Waals surface area contributed by atoms with Gasteiger partial charge in [0.2, 0.25) is 0 Å². The normalized spacial score (nSPS) is 16.6. The second-order valence-corrected chi connectivity index (χ2v) is 6.39. The fourth-order valence-electron chi connectivity index (χ4n) is 2.68. The third-order valence-electron chi connectivity index (χ3n) is 4.02. The van der Waals surface area contributed by atoms with E-state index >= 15 is 0 Å². The van der Waals surface area contributed by atoms with E-state index in [1.165, 1.54) is 0 Å². The summed E-state index contributed by atoms with van der Waals surface area (Å²) < 4.78 is 5.48. The molecule has 0 radical (unpaired) electrons. The van der Waals surface area contributed by atoms with E-state index in [1.807, 2.05) is 24.3 Å². The van der Waals surface area contributed by atoms with Crippen molar-refractivity contribution in [1.82, 2.24) is 15.5 Å². The number of hydrogen-bond acceptors (Lipinski definition) is 5. The SMILES string of the molecule is O=C(NCC1CCCO1)c1ccc(NCCc2cccc(Cl)c2)nn1. The summed E-state index contributed by atoms with van der Waals surface area (Å²) in [6.45, 7) is 2.00. The van der Waals surface area contributed by atoms with E-state index < -0.39 is 0 Å². The van der Waals surface area contributed by atoms with Crippen LogP contribution in [-0.2, 0) is 11.2 Å². The summed E-state index contributed by atoms with van der Waals surface area (Å²) in [5, 5.41) is 14.8. The molecule has 1 aliphatic rings. The number of halogens is 1. The molecule has 2 heterocycles. The van der Waals surface area contributed by atoms with Crippen molar-refractivity contribution < 1.29 is 9.53 Å². The summed E-state index contributed by atoms with van der Waals surface area (Å²) in [4.78, 5) is 12.0. The predicted molar refractivity (Wildman–Crippen MR) is 97.0 cm³/mol. The minimum atomic E-state index is -0.228. The van der Waals surface area contributed by atoms with Crippen LogP contribution in [0.1, 0.15) is 28.9 Å². The Morgan fingerprint density at radius 2 is 2.20 bits per heavy atom. The van der Waals surface area contributed by atoms with Crippen molar-refractivity contribution >= 4 is 23.3 Å². The fraction of sp³-hybridized carbons (Fsp3) is 0.389. The number of ether oxygens (including phenoxy) is 1. The van der Waals surface area contributed by atoms with Crippen molar-refractivity contribution in [1.29, 1.82) is 0 Å². The molecule has 2 aromatic rings. The van der Waals surface area contributed by atoms with Gasteiger partial charge < -0.3 is 15.4 Å². The molecule has 0 bridgehead atoms. The van der Waals surface area contributed by atoms with Crippen molar-refractivity contribution in [3.05, 3.63) is 52.7 Å². The zero-order valence-electron chi connectivity index (χ0n) is 13.9. The van der Waals surface area contributed by atoms with Crippen molar-refractivity contribution in [3.8, 4) is 0 Å². The Kier molecular flexibility index (Phi) is 6.19. The van der Waals surface area contributed by atoms with Crippen molar-refractivity contribution in [2.24, 2.45) is 0 Å². The van der Waals surface area contributed by atoms with Crippen LogP contribution >= 0.6 is 11.6 Å². The first-order valence-corrected chi connectivity index (χ1v) is 8.80. The summed E-state index contributed by atoms with van der Waals surface area (Å²) >= 11 is 5.97. The van der Waals surface area contributed by atoms with Crippen LogP contribution < -0.4 is 10.6 Å². The highest BCUT2D eigenvalue weighted by Crippen LogP contribution is 2.12. The first kappa shape index (κ1) is 17.6. The van der Waals surface area contributed by atoms with Gasteiger partial charge >= 0.3 is 0 Å². The lowest BCUT2D eigenvalue weighted by Gasteiger charge is -2.10. The first-order valence-electron chi connectivity index (χ1n) is 8.42. The number of carbonyl (C=O) groups excluding carboxylic acids is 1. The van der Waals surface area contributed by atoms with Gasteiger partial charge in [0, 0.05) is 24.7 Å². The van der Waals surface area contributed by atoms with E-state index in [4.69, 9.17) is 16.3 Å². The van der Waals surface area contributed by atoms with Crippen LogP contribution in [0.4, 0.5) is 5.82 Å². The van der Waals surface area contributed by atoms with E-state index in [0.717, 1.165) is 36.5 Å². The highest BCUT2D eigenvalue weighted by molar-refractivity contribution is 6.30. The molecule has 0 spiro atoms. The molecule has 1 fully saturated rings. The summed E-state index contributed by atoms with van der Waals surface area (Å²) in [5.74, 6) is 0.409. The van der Waals surface area contributed by atoms with Gasteiger partial charge in [-0.25, -0.2) is 0 Å². The zero-order chi connectivity index (χ0) is 17.5. The standard InChI is InChI=1S/C18H21ClN4O2/c19-14-4-1-3-13(11-14)8-9-20-17-7-6-16(22-23-17)18(24)21-12-15-5-2-10-25-15/h1,3-4,6-7,11,15H,2,5,8-10,12H2,(H,20,23)(H,21,24). The monoisotopic (exact) mass is 360 g/mol. The topological polar surface area (TPSA) is 76.1 Å². The maximum absolute atomic E-state index is 12.0. The fourth-order valence-corrected chi connectivity index (χ4v) is 2.89. The van der Waals surface area contributed by atoms with Crippen LogP contribution in [0.2, 0.25) is 5.02 Å². The maximum Gasteiger partial charge on any atom is 0.271 e. The number of carbonyl (C=O) groups is 1. The number of nitrogens with one attached hydrogen (secondary N) is 2. The van der Waals surface area contributed by atoms with E-state index in [2.05, 4.69) is 20.8 Å². The minimum Gasteiger partial charge on any atom is -0.376 e. The second kappa shape index (κ2) is 8.78. The molecule has 1 aromatic heterocycles. The Hall–Kier alpha value is -2.18. The number of hydrogen-bond donors (Lipinski definition) is 2. The molecule has 7 heteroatoms. The Morgan fingerprint density at radius 1 is 1.28 bits per heavy atom. The van der Waals surface area contributed by atoms with Crippen LogP contribution in [0.25, 0.3) is 0 Å². The van der Waals surface area contributed by atoms with Crippen LogP contribution in [0.15, 0.2) is 36.4 Å². The highest BCUT2D eigenvalue weighted by Gasteiger charge is 2.17. The Morgan fingerprint density at radius 3 is 2.92 bits per heavy atom. The van der Waals surface area contributed by atoms with Gasteiger partial charge in [-0.3, -0.25) is 4.79 Å². The number of benzene rings is 1. The number of anilines is 1. The Balaban J connectivity index is 1.44. The summed E-state index contributed by atoms with van der Waals surface area (Å²) in [6, 6.07) is 11.2. The lowest BCUT2D eigenvalue weighted by Crippen LogP contribution is -2.32. The zero-order valence-corrected chi connectivity index (χ0v) is 14.6. The molecule has 2 N–H and O–H groups in total. The minimum absolute atomic E-state index is 0.115. The molecule has 1 amide bonds. The molecule has 25 heavy (non-hydrogen) atoms. The van der Waals surface area contributed by atoms with Crippen LogP contribution in [0.5, 0.6) is 0 Å². The molecule has 1 aromatic carbocycles. The average molecular weight is 361 g/mol. The van der Waals surface area contributed by atoms with E-state index in [-0.39, 0.29) is 12.0 Å². The Labute approximate surface area is 151 Å². The van der Waals surface area contributed by atoms with Gasteiger partial charge in [0.05, 0.1) is 6.10 Å². The Bertz CT molecular complexity index is 702. The molecular weight excluding hydrogens is 340 g/mol. The van der Waals surface area contributed by atoms with Gasteiger partial charge in [0.15, 0.2) is 5.69 Å². The summed E-state index contributed by atoms with van der Waals surface area (Å²) in [5.41, 5.74) is 1.46. The van der Waals surface area contributed by atoms with Gasteiger partial charge in [-0.1, -0.05) is 23.7 Å². The van der Waals surface area contributed by atoms with E-state index in [9.17, 15) is 4.79 Å². The molecule has 132 valence electrons. The van der Waals surface area contributed by atoms with Crippen molar-refractivity contribution in [3.63, 3.8) is 0 Å². The van der Waals surface area contributed by atoms with Crippen molar-refractivity contribution in [2.45, 2.75) is 25.4 Å². The maximum atomic E-state index is 12.0. The van der Waals surface area contributed by atoms with Crippen LogP contribution in [-0.4, -0.2) is 41.9 Å². The smallest absolute Gasteiger partial charge is 0.271 e. The molecule has 1 atom stereocenters. The largest absolute Gasteiger partial charge is 0.376 e. The lowest BCUT2D eigenvalue weighted by molar-refractivity contribution is 0.0853. The van der Waals surface area contributed by atoms with Gasteiger partial charge in [-0.15, -0.1) is 10.2 Å². The van der Waals surface area contributed by atoms with Gasteiger partial charge in [0.25, 0.3) is 5.91 Å². The predicted octanol–water partition coefficient (Wildman–Crippen LogP) is 2.69. The molecule has 1 aliphatic heterocycles. The molecule has 1 saturated heterocycles. The molecule has 0 aliphatic carbocycles. The third kappa shape index (κ3) is 5.41. The van der Waals surface area contributed by atoms with Crippen molar-refractivity contribution in [2.75, 3.05) is 25.0 Å². The number of nitrogens with zero attached hydrogens (tertiary/aromatic N) is 2. The molecule has 6 nitrogen and oxygen atoms in total. The van der Waals surface area contributed by atoms with Crippen LogP contribution in [0, 0.1) is 0 Å². The second-order valence-electron chi connectivity index (χ2n) is 5.96. The summed E-state index contributed by atoms with van der Waals surface area (Å²) in [7, 11) is 0. The molecule has 0 saturated carbocycles. The summed E-state index contributed by atoms with van der Waals surface area (Å²) in [6.07, 6.45) is 2.98. The van der Waals surface area contributed by atoms with E-state index in [1.54, 1.807) is 12.1 Å². The molecular formula is C18H21ClN4O2. The lowest BCUT2D eigenvalue weighted by atomic mass is 10.1. The van der Waals surface area contributed by atoms with Crippen LogP contribution in [0.3, 0.4) is 0 Å². The number of amides is 1. The van der Waals surface area contributed by atoms with E-state index in [0.29, 0.717) is 24.6 Å². The van der Waals surface area contributed by atoms with Gasteiger partial charge in [-0.05, 0) is 49.1 Å². The highest BCUT2D eigenvalue weighted by atomic mass is 35.5. The van der Waals surface area contributed by atoms with Gasteiger partial charge in [0.1, 0.15) is 5.82 Å². The number of aromatic nitrogens is 2. The molecule has 3 rings (SSSR count). The number of rotatable bonds is 7. The third-order valence-corrected chi connectivity index (χ3v) is 4.26. The molecule has 1 unspecified atom stereocenters. The average Bonchev–Trinajstić information content (AvgIpc) is 3.14. The quantitative estimate of drug-likeness (QED) is 0.794. The first-order chi connectivity index (χ1) is 12.2.